The normalized spacial score (nSPS) is 19.6. The number of benzene rings is 2. The second-order valence-electron chi connectivity index (χ2n) is 9.50. The molecule has 0 bridgehead atoms. The van der Waals surface area contributed by atoms with E-state index in [1.165, 1.54) is 0 Å². The molecule has 2 aliphatic rings. The molecule has 8 heteroatoms. The van der Waals surface area contributed by atoms with Crippen LogP contribution in [0.15, 0.2) is 48.5 Å². The Bertz CT molecular complexity index is 1040. The van der Waals surface area contributed by atoms with Crippen LogP contribution in [-0.2, 0) is 19.1 Å². The average molecular weight is 481 g/mol. The van der Waals surface area contributed by atoms with Gasteiger partial charge >= 0.3 is 12.1 Å². The molecule has 2 unspecified atom stereocenters. The largest absolute Gasteiger partial charge is 0.481 e. The Morgan fingerprint density at radius 3 is 2.29 bits per heavy atom. The topological polar surface area (TPSA) is 114 Å². The van der Waals surface area contributed by atoms with E-state index in [1.807, 2.05) is 38.1 Å². The zero-order valence-electron chi connectivity index (χ0n) is 20.0. The smallest absolute Gasteiger partial charge is 0.407 e. The van der Waals surface area contributed by atoms with Gasteiger partial charge in [-0.1, -0.05) is 62.4 Å². The summed E-state index contributed by atoms with van der Waals surface area (Å²) in [6, 6.07) is 15.8. The number of aliphatic carboxylic acids is 1. The Labute approximate surface area is 205 Å². The summed E-state index contributed by atoms with van der Waals surface area (Å²) in [6.45, 7) is 4.58. The Hall–Kier alpha value is -3.39. The SMILES string of the molecule is CC(C)[C@H](CC(=O)O)NC(=O)C1OCCC1CNC(=O)OCC1c2ccccc2-c2ccccc21. The molecule has 8 nitrogen and oxygen atoms in total. The molecule has 1 fully saturated rings. The number of amides is 2. The van der Waals surface area contributed by atoms with Crippen molar-refractivity contribution in [2.24, 2.45) is 11.8 Å². The van der Waals surface area contributed by atoms with E-state index in [-0.39, 0.29) is 43.2 Å². The molecule has 1 heterocycles. The first-order valence-corrected chi connectivity index (χ1v) is 12.1. The monoisotopic (exact) mass is 480 g/mol. The van der Waals surface area contributed by atoms with Crippen LogP contribution >= 0.6 is 0 Å². The summed E-state index contributed by atoms with van der Waals surface area (Å²) in [5.41, 5.74) is 4.61. The Morgan fingerprint density at radius 2 is 1.69 bits per heavy atom. The lowest BCUT2D eigenvalue weighted by molar-refractivity contribution is -0.138. The summed E-state index contributed by atoms with van der Waals surface area (Å²) < 4.78 is 11.2. The van der Waals surface area contributed by atoms with Crippen LogP contribution in [0.5, 0.6) is 0 Å². The molecule has 0 spiro atoms. The predicted molar refractivity (Wildman–Crippen MR) is 130 cm³/mol. The third-order valence-electron chi connectivity index (χ3n) is 6.85. The molecule has 2 aromatic rings. The number of nitrogens with one attached hydrogen (secondary N) is 2. The van der Waals surface area contributed by atoms with E-state index in [4.69, 9.17) is 14.6 Å². The maximum Gasteiger partial charge on any atom is 0.407 e. The number of rotatable bonds is 9. The van der Waals surface area contributed by atoms with Crippen molar-refractivity contribution in [3.05, 3.63) is 59.7 Å². The van der Waals surface area contributed by atoms with Crippen LogP contribution in [0.4, 0.5) is 4.79 Å². The summed E-state index contributed by atoms with van der Waals surface area (Å²) in [5, 5.41) is 14.7. The minimum absolute atomic E-state index is 0.0244. The number of fused-ring (bicyclic) bond motifs is 3. The van der Waals surface area contributed by atoms with Crippen LogP contribution in [0.2, 0.25) is 0 Å². The van der Waals surface area contributed by atoms with Gasteiger partial charge in [-0.3, -0.25) is 9.59 Å². The van der Waals surface area contributed by atoms with Gasteiger partial charge in [0.2, 0.25) is 5.91 Å². The second-order valence-corrected chi connectivity index (χ2v) is 9.50. The number of hydrogen-bond acceptors (Lipinski definition) is 5. The van der Waals surface area contributed by atoms with Crippen LogP contribution in [0, 0.1) is 11.8 Å². The zero-order chi connectivity index (χ0) is 24.9. The molecule has 3 atom stereocenters. The number of carboxylic acids is 1. The quantitative estimate of drug-likeness (QED) is 0.506. The highest BCUT2D eigenvalue weighted by atomic mass is 16.5. The Morgan fingerprint density at radius 1 is 1.06 bits per heavy atom. The van der Waals surface area contributed by atoms with Gasteiger partial charge in [0.05, 0.1) is 6.42 Å². The molecule has 1 saturated heterocycles. The number of alkyl carbamates (subject to hydrolysis) is 1. The van der Waals surface area contributed by atoms with Gasteiger partial charge in [0.15, 0.2) is 0 Å². The molecular weight excluding hydrogens is 448 g/mol. The van der Waals surface area contributed by atoms with Gasteiger partial charge < -0.3 is 25.2 Å². The first kappa shape index (κ1) is 24.7. The first-order valence-electron chi connectivity index (χ1n) is 12.1. The average Bonchev–Trinajstić information content (AvgIpc) is 3.43. The van der Waals surface area contributed by atoms with E-state index >= 15 is 0 Å². The lowest BCUT2D eigenvalue weighted by atomic mass is 9.97. The van der Waals surface area contributed by atoms with Crippen LogP contribution in [-0.4, -0.2) is 55.0 Å². The maximum atomic E-state index is 12.8. The number of carbonyl (C=O) groups excluding carboxylic acids is 2. The number of carboxylic acid groups (broad SMARTS) is 1. The standard InChI is InChI=1S/C27H32N2O6/c1-16(2)23(13-24(30)31)29-26(32)25-17(11-12-34-25)14-28-27(33)35-15-22-20-9-5-3-7-18(20)19-8-4-6-10-21(19)22/h3-10,16-17,22-23,25H,11-15H2,1-2H3,(H,28,33)(H,29,32)(H,30,31)/t17?,23-,25?/m0/s1. The molecule has 1 aliphatic carbocycles. The summed E-state index contributed by atoms with van der Waals surface area (Å²) in [6.07, 6.45) is -0.811. The van der Waals surface area contributed by atoms with Gasteiger partial charge in [-0.15, -0.1) is 0 Å². The summed E-state index contributed by atoms with van der Waals surface area (Å²) >= 11 is 0. The van der Waals surface area contributed by atoms with Gasteiger partial charge in [0, 0.05) is 31.0 Å². The molecule has 2 amide bonds. The predicted octanol–water partition coefficient (Wildman–Crippen LogP) is 3.55. The van der Waals surface area contributed by atoms with Gasteiger partial charge in [0.1, 0.15) is 12.7 Å². The summed E-state index contributed by atoms with van der Waals surface area (Å²) in [7, 11) is 0. The van der Waals surface area contributed by atoms with E-state index in [0.717, 1.165) is 22.3 Å². The molecule has 0 saturated carbocycles. The second kappa shape index (κ2) is 10.9. The maximum absolute atomic E-state index is 12.8. The van der Waals surface area contributed by atoms with Gasteiger partial charge in [-0.05, 0) is 34.6 Å². The molecule has 186 valence electrons. The summed E-state index contributed by atoms with van der Waals surface area (Å²) in [4.78, 5) is 36.4. The fourth-order valence-electron chi connectivity index (χ4n) is 4.90. The zero-order valence-corrected chi connectivity index (χ0v) is 20.0. The highest BCUT2D eigenvalue weighted by Gasteiger charge is 2.36. The van der Waals surface area contributed by atoms with Crippen molar-refractivity contribution in [3.63, 3.8) is 0 Å². The fourth-order valence-corrected chi connectivity index (χ4v) is 4.90. The molecule has 3 N–H and O–H groups in total. The minimum atomic E-state index is -0.968. The van der Waals surface area contributed by atoms with Crippen molar-refractivity contribution < 1.29 is 29.0 Å². The highest BCUT2D eigenvalue weighted by molar-refractivity contribution is 5.82. The fraction of sp³-hybridized carbons (Fsp3) is 0.444. The van der Waals surface area contributed by atoms with Crippen molar-refractivity contribution in [2.75, 3.05) is 19.8 Å². The van der Waals surface area contributed by atoms with Crippen molar-refractivity contribution >= 4 is 18.0 Å². The van der Waals surface area contributed by atoms with Crippen LogP contribution in [0.25, 0.3) is 11.1 Å². The van der Waals surface area contributed by atoms with Gasteiger partial charge in [-0.25, -0.2) is 4.79 Å². The van der Waals surface area contributed by atoms with E-state index in [2.05, 4.69) is 34.9 Å². The van der Waals surface area contributed by atoms with Crippen molar-refractivity contribution in [3.8, 4) is 11.1 Å². The van der Waals surface area contributed by atoms with E-state index < -0.39 is 24.2 Å². The third-order valence-corrected chi connectivity index (χ3v) is 6.85. The highest BCUT2D eigenvalue weighted by Crippen LogP contribution is 2.44. The Kier molecular flexibility index (Phi) is 7.70. The van der Waals surface area contributed by atoms with Gasteiger partial charge in [-0.2, -0.15) is 0 Å². The molecule has 2 aromatic carbocycles. The van der Waals surface area contributed by atoms with E-state index in [0.29, 0.717) is 13.0 Å². The number of hydrogen-bond donors (Lipinski definition) is 3. The molecule has 35 heavy (non-hydrogen) atoms. The van der Waals surface area contributed by atoms with E-state index in [9.17, 15) is 14.4 Å². The van der Waals surface area contributed by atoms with E-state index in [1.54, 1.807) is 0 Å². The van der Waals surface area contributed by atoms with Gasteiger partial charge in [0.25, 0.3) is 0 Å². The lowest BCUT2D eigenvalue weighted by Crippen LogP contribution is -2.48. The number of carbonyl (C=O) groups is 3. The van der Waals surface area contributed by atoms with Crippen molar-refractivity contribution in [1.82, 2.24) is 10.6 Å². The van der Waals surface area contributed by atoms with Crippen LogP contribution in [0.3, 0.4) is 0 Å². The number of ether oxygens (including phenoxy) is 2. The summed E-state index contributed by atoms with van der Waals surface area (Å²) in [5.74, 6) is -1.59. The first-order chi connectivity index (χ1) is 16.8. The lowest BCUT2D eigenvalue weighted by Gasteiger charge is -2.24. The third kappa shape index (κ3) is 5.65. The Balaban J connectivity index is 1.30. The van der Waals surface area contributed by atoms with Crippen LogP contribution < -0.4 is 10.6 Å². The molecule has 1 aliphatic heterocycles. The molecule has 0 radical (unpaired) electrons. The molecule has 0 aromatic heterocycles. The van der Waals surface area contributed by atoms with Crippen molar-refractivity contribution in [2.45, 2.75) is 44.8 Å². The molecule has 4 rings (SSSR count). The van der Waals surface area contributed by atoms with Crippen molar-refractivity contribution in [1.29, 1.82) is 0 Å². The minimum Gasteiger partial charge on any atom is -0.481 e. The van der Waals surface area contributed by atoms with Crippen LogP contribution in [0.1, 0.15) is 43.7 Å². The molecular formula is C27H32N2O6.